The minimum Gasteiger partial charge on any atom is -0.503 e. The summed E-state index contributed by atoms with van der Waals surface area (Å²) in [5.74, 6) is -2.50. The molecule has 0 radical (unpaired) electrons. The second-order valence-corrected chi connectivity index (χ2v) is 4.26. The predicted octanol–water partition coefficient (Wildman–Crippen LogP) is 2.76. The Kier molecular flexibility index (Phi) is 4.24. The Morgan fingerprint density at radius 3 is 2.12 bits per heavy atom. The average Bonchev–Trinajstić information content (AvgIpc) is 2.21. The Bertz CT molecular complexity index is 343. The van der Waals surface area contributed by atoms with Gasteiger partial charge in [0.15, 0.2) is 17.4 Å². The van der Waals surface area contributed by atoms with Crippen LogP contribution in [0.5, 0.6) is 5.75 Å². The lowest BCUT2D eigenvalue weighted by molar-refractivity contribution is 0.391. The fourth-order valence-corrected chi connectivity index (χ4v) is 1.86. The van der Waals surface area contributed by atoms with Gasteiger partial charge in [0.25, 0.3) is 0 Å². The van der Waals surface area contributed by atoms with Crippen LogP contribution in [-0.2, 0) is 0 Å². The van der Waals surface area contributed by atoms with Crippen molar-refractivity contribution < 1.29 is 13.9 Å². The number of hydrogen-bond acceptors (Lipinski definition) is 2. The highest BCUT2D eigenvalue weighted by molar-refractivity contribution is 5.32. The van der Waals surface area contributed by atoms with Crippen LogP contribution in [0.4, 0.5) is 8.78 Å². The fourth-order valence-electron chi connectivity index (χ4n) is 1.86. The maximum atomic E-state index is 13.2. The minimum absolute atomic E-state index is 0.00889. The maximum absolute atomic E-state index is 13.2. The number of aromatic hydroxyl groups is 1. The molecule has 1 rings (SSSR count). The van der Waals surface area contributed by atoms with Gasteiger partial charge in [-0.2, -0.15) is 0 Å². The maximum Gasteiger partial charge on any atom is 0.187 e. The molecule has 0 saturated carbocycles. The summed E-state index contributed by atoms with van der Waals surface area (Å²) in [4.78, 5) is 0. The van der Waals surface area contributed by atoms with Crippen molar-refractivity contribution in [2.24, 2.45) is 11.7 Å². The van der Waals surface area contributed by atoms with E-state index < -0.39 is 17.4 Å². The van der Waals surface area contributed by atoms with Crippen LogP contribution < -0.4 is 5.73 Å². The van der Waals surface area contributed by atoms with Crippen LogP contribution in [0.25, 0.3) is 0 Å². The molecular formula is C12H17F2NO. The average molecular weight is 229 g/mol. The van der Waals surface area contributed by atoms with Crippen molar-refractivity contribution in [3.63, 3.8) is 0 Å². The van der Waals surface area contributed by atoms with E-state index in [1.807, 2.05) is 13.8 Å². The number of hydrogen-bond donors (Lipinski definition) is 2. The third-order valence-corrected chi connectivity index (χ3v) is 2.75. The Hall–Kier alpha value is -1.16. The van der Waals surface area contributed by atoms with E-state index >= 15 is 0 Å². The van der Waals surface area contributed by atoms with Gasteiger partial charge in [-0.15, -0.1) is 0 Å². The lowest BCUT2D eigenvalue weighted by Gasteiger charge is -2.21. The summed E-state index contributed by atoms with van der Waals surface area (Å²) < 4.78 is 26.4. The van der Waals surface area contributed by atoms with Crippen molar-refractivity contribution in [2.45, 2.75) is 26.2 Å². The highest BCUT2D eigenvalue weighted by Gasteiger charge is 2.19. The third kappa shape index (κ3) is 2.70. The predicted molar refractivity (Wildman–Crippen MR) is 59.3 cm³/mol. The van der Waals surface area contributed by atoms with Crippen LogP contribution in [0, 0.1) is 17.6 Å². The molecule has 1 aromatic carbocycles. The quantitative estimate of drug-likeness (QED) is 0.833. The monoisotopic (exact) mass is 229 g/mol. The molecular weight excluding hydrogens is 212 g/mol. The van der Waals surface area contributed by atoms with Gasteiger partial charge in [0.1, 0.15) is 0 Å². The SMILES string of the molecule is CC(C)C(CCN)c1cc(F)c(O)c(F)c1. The zero-order chi connectivity index (χ0) is 12.3. The van der Waals surface area contributed by atoms with Gasteiger partial charge in [-0.25, -0.2) is 8.78 Å². The van der Waals surface area contributed by atoms with E-state index in [2.05, 4.69) is 0 Å². The van der Waals surface area contributed by atoms with Crippen LogP contribution in [0.3, 0.4) is 0 Å². The zero-order valence-corrected chi connectivity index (χ0v) is 9.50. The van der Waals surface area contributed by atoms with E-state index in [1.165, 1.54) is 12.1 Å². The van der Waals surface area contributed by atoms with E-state index in [1.54, 1.807) is 0 Å². The molecule has 0 fully saturated rings. The summed E-state index contributed by atoms with van der Waals surface area (Å²) >= 11 is 0. The normalized spacial score (nSPS) is 13.1. The van der Waals surface area contributed by atoms with Gasteiger partial charge in [-0.1, -0.05) is 13.8 Å². The molecule has 16 heavy (non-hydrogen) atoms. The number of phenols is 1. The van der Waals surface area contributed by atoms with E-state index in [0.29, 0.717) is 18.5 Å². The Morgan fingerprint density at radius 2 is 1.75 bits per heavy atom. The number of benzene rings is 1. The van der Waals surface area contributed by atoms with E-state index in [0.717, 1.165) is 0 Å². The molecule has 3 N–H and O–H groups in total. The summed E-state index contributed by atoms with van der Waals surface area (Å²) in [7, 11) is 0. The summed E-state index contributed by atoms with van der Waals surface area (Å²) in [6.07, 6.45) is 0.668. The van der Waals surface area contributed by atoms with Crippen molar-refractivity contribution in [1.29, 1.82) is 0 Å². The fraction of sp³-hybridized carbons (Fsp3) is 0.500. The van der Waals surface area contributed by atoms with Gasteiger partial charge in [0.05, 0.1) is 0 Å². The molecule has 1 aromatic rings. The van der Waals surface area contributed by atoms with Crippen LogP contribution >= 0.6 is 0 Å². The van der Waals surface area contributed by atoms with Crippen LogP contribution in [0.1, 0.15) is 31.7 Å². The lowest BCUT2D eigenvalue weighted by atomic mass is 9.85. The van der Waals surface area contributed by atoms with E-state index in [-0.39, 0.29) is 11.8 Å². The van der Waals surface area contributed by atoms with Crippen molar-refractivity contribution in [3.05, 3.63) is 29.3 Å². The molecule has 0 aliphatic carbocycles. The second kappa shape index (κ2) is 5.25. The number of rotatable bonds is 4. The summed E-state index contributed by atoms with van der Waals surface area (Å²) in [5.41, 5.74) is 6.02. The number of halogens is 2. The largest absolute Gasteiger partial charge is 0.503 e. The smallest absolute Gasteiger partial charge is 0.187 e. The molecule has 1 atom stereocenters. The van der Waals surface area contributed by atoms with E-state index in [9.17, 15) is 8.78 Å². The topological polar surface area (TPSA) is 46.2 Å². The van der Waals surface area contributed by atoms with Gasteiger partial charge in [0.2, 0.25) is 0 Å². The van der Waals surface area contributed by atoms with Gasteiger partial charge in [0, 0.05) is 0 Å². The standard InChI is InChI=1S/C12H17F2NO/c1-7(2)9(3-4-15)8-5-10(13)12(16)11(14)6-8/h5-7,9,16H,3-4,15H2,1-2H3. The second-order valence-electron chi connectivity index (χ2n) is 4.26. The Morgan fingerprint density at radius 1 is 1.25 bits per heavy atom. The van der Waals surface area contributed by atoms with E-state index in [4.69, 9.17) is 10.8 Å². The highest BCUT2D eigenvalue weighted by atomic mass is 19.1. The van der Waals surface area contributed by atoms with Crippen molar-refractivity contribution in [3.8, 4) is 5.75 Å². The molecule has 2 nitrogen and oxygen atoms in total. The number of phenolic OH excluding ortho intramolecular Hbond substituents is 1. The number of nitrogens with two attached hydrogens (primary N) is 1. The molecule has 4 heteroatoms. The molecule has 0 amide bonds. The van der Waals surface area contributed by atoms with Gasteiger partial charge in [-0.3, -0.25) is 0 Å². The van der Waals surface area contributed by atoms with Crippen molar-refractivity contribution >= 4 is 0 Å². The van der Waals surface area contributed by atoms with Gasteiger partial charge < -0.3 is 10.8 Å². The molecule has 0 aliphatic heterocycles. The molecule has 0 aromatic heterocycles. The van der Waals surface area contributed by atoms with Crippen LogP contribution in [0.2, 0.25) is 0 Å². The van der Waals surface area contributed by atoms with Crippen molar-refractivity contribution in [2.75, 3.05) is 6.54 Å². The molecule has 0 saturated heterocycles. The summed E-state index contributed by atoms with van der Waals surface area (Å²) in [6.45, 7) is 4.42. The highest BCUT2D eigenvalue weighted by Crippen LogP contribution is 2.31. The van der Waals surface area contributed by atoms with Crippen molar-refractivity contribution in [1.82, 2.24) is 0 Å². The molecule has 1 unspecified atom stereocenters. The zero-order valence-electron chi connectivity index (χ0n) is 9.50. The molecule has 0 spiro atoms. The van der Waals surface area contributed by atoms with Gasteiger partial charge in [-0.05, 0) is 42.5 Å². The Labute approximate surface area is 94.1 Å². The molecule has 0 heterocycles. The lowest BCUT2D eigenvalue weighted by Crippen LogP contribution is -2.13. The molecule has 0 bridgehead atoms. The summed E-state index contributed by atoms with van der Waals surface area (Å²) in [5, 5.41) is 9.01. The van der Waals surface area contributed by atoms with Crippen LogP contribution in [-0.4, -0.2) is 11.7 Å². The first kappa shape index (κ1) is 12.9. The first-order valence-corrected chi connectivity index (χ1v) is 5.35. The summed E-state index contributed by atoms with van der Waals surface area (Å²) in [6, 6.07) is 2.36. The Balaban J connectivity index is 3.10. The third-order valence-electron chi connectivity index (χ3n) is 2.75. The molecule has 0 aliphatic rings. The van der Waals surface area contributed by atoms with Gasteiger partial charge >= 0.3 is 0 Å². The minimum atomic E-state index is -0.919. The van der Waals surface area contributed by atoms with Crippen LogP contribution in [0.15, 0.2) is 12.1 Å². The molecule has 90 valence electrons. The first-order valence-electron chi connectivity index (χ1n) is 5.35. The first-order chi connectivity index (χ1) is 7.47.